The first-order valence-corrected chi connectivity index (χ1v) is 3.20. The van der Waals surface area contributed by atoms with Gasteiger partial charge in [-0.15, -0.1) is 0 Å². The molecule has 0 rings (SSSR count). The van der Waals surface area contributed by atoms with Crippen molar-refractivity contribution in [2.45, 2.75) is 6.92 Å². The Morgan fingerprint density at radius 3 is 1.57 bits per heavy atom. The van der Waals surface area contributed by atoms with Gasteiger partial charge in [-0.25, -0.2) is 0 Å². The minimum atomic E-state index is -1.87. The Kier molecular flexibility index (Phi) is 35.6. The fraction of sp³-hybridized carbons (Fsp3) is 0.667. The van der Waals surface area contributed by atoms with Crippen LogP contribution >= 0.6 is 8.03 Å². The molecule has 0 aromatic rings. The van der Waals surface area contributed by atoms with Gasteiger partial charge in [-0.1, -0.05) is 0 Å². The van der Waals surface area contributed by atoms with E-state index in [2.05, 4.69) is 6.92 Å². The standard InChI is InChI=1S/C2H5.CH3O2P.Zn/c1-2;1-4(2)3;/h1H2,2H3;1H3;/q-1;;/p+1. The third-order valence-electron chi connectivity index (χ3n) is 0. The van der Waals surface area contributed by atoms with Gasteiger partial charge in [0.1, 0.15) is 0 Å². The van der Waals surface area contributed by atoms with Gasteiger partial charge in [-0.05, 0) is 4.57 Å². The molecule has 0 aliphatic carbocycles. The van der Waals surface area contributed by atoms with Gasteiger partial charge in [0, 0.05) is 19.5 Å². The summed E-state index contributed by atoms with van der Waals surface area (Å²) in [6.45, 7) is 6.23. The molecule has 0 aliphatic rings. The third kappa shape index (κ3) is 314. The van der Waals surface area contributed by atoms with Crippen molar-refractivity contribution >= 4 is 8.03 Å². The SMILES string of the molecule is C[P+](=O)O.[CH2-]C.[Zn]. The number of rotatable bonds is 0. The molecule has 0 radical (unpaired) electrons. The first-order chi connectivity index (χ1) is 2.73. The maximum Gasteiger partial charge on any atom is 0.502 e. The van der Waals surface area contributed by atoms with E-state index in [4.69, 9.17) is 9.46 Å². The van der Waals surface area contributed by atoms with Gasteiger partial charge < -0.3 is 6.92 Å². The summed E-state index contributed by atoms with van der Waals surface area (Å²) in [5.41, 5.74) is 0. The van der Waals surface area contributed by atoms with Gasteiger partial charge in [0.25, 0.3) is 0 Å². The molecule has 40 valence electrons. The molecule has 1 N–H and O–H groups in total. The van der Waals surface area contributed by atoms with Crippen LogP contribution < -0.4 is 0 Å². The van der Waals surface area contributed by atoms with E-state index in [0.717, 1.165) is 0 Å². The van der Waals surface area contributed by atoms with E-state index in [-0.39, 0.29) is 19.5 Å². The van der Waals surface area contributed by atoms with Gasteiger partial charge >= 0.3 is 8.03 Å². The van der Waals surface area contributed by atoms with Crippen LogP contribution in [0.2, 0.25) is 0 Å². The molecule has 0 saturated heterocycles. The molecule has 4 heteroatoms. The van der Waals surface area contributed by atoms with E-state index in [0.29, 0.717) is 0 Å². The molecular formula is C3H9O2PZn. The summed E-state index contributed by atoms with van der Waals surface area (Å²) >= 11 is 0. The molecule has 0 bridgehead atoms. The average molecular weight is 173 g/mol. The van der Waals surface area contributed by atoms with Crippen LogP contribution in [-0.2, 0) is 24.0 Å². The molecule has 1 unspecified atom stereocenters. The molecular weight excluding hydrogens is 164 g/mol. The fourth-order valence-electron chi connectivity index (χ4n) is 0. The van der Waals surface area contributed by atoms with Gasteiger partial charge in [0.15, 0.2) is 6.66 Å². The summed E-state index contributed by atoms with van der Waals surface area (Å²) in [7, 11) is -1.87. The zero-order valence-electron chi connectivity index (χ0n) is 4.72. The molecule has 0 aliphatic heterocycles. The average Bonchev–Trinajstić information content (AvgIpc) is 1.41. The van der Waals surface area contributed by atoms with Crippen molar-refractivity contribution in [2.75, 3.05) is 6.66 Å². The largest absolute Gasteiger partial charge is 0.502 e. The molecule has 2 nitrogen and oxygen atoms in total. The van der Waals surface area contributed by atoms with E-state index in [1.54, 1.807) is 6.92 Å². The third-order valence-corrected chi connectivity index (χ3v) is 0. The van der Waals surface area contributed by atoms with Crippen molar-refractivity contribution in [3.63, 3.8) is 0 Å². The summed E-state index contributed by atoms with van der Waals surface area (Å²) in [4.78, 5) is 7.56. The second-order valence-electron chi connectivity index (χ2n) is 0.464. The van der Waals surface area contributed by atoms with E-state index in [1.807, 2.05) is 0 Å². The Morgan fingerprint density at radius 1 is 1.57 bits per heavy atom. The van der Waals surface area contributed by atoms with Crippen molar-refractivity contribution < 1.29 is 28.9 Å². The van der Waals surface area contributed by atoms with Crippen molar-refractivity contribution in [1.82, 2.24) is 0 Å². The zero-order chi connectivity index (χ0) is 5.58. The van der Waals surface area contributed by atoms with Crippen LogP contribution in [0.15, 0.2) is 0 Å². The molecule has 0 spiro atoms. The molecule has 7 heavy (non-hydrogen) atoms. The maximum atomic E-state index is 9.15. The van der Waals surface area contributed by atoms with Crippen LogP contribution in [0.1, 0.15) is 6.92 Å². The first-order valence-electron chi connectivity index (χ1n) is 1.54. The van der Waals surface area contributed by atoms with Crippen LogP contribution in [0.3, 0.4) is 0 Å². The first kappa shape index (κ1) is 15.6. The maximum absolute atomic E-state index is 9.15. The molecule has 0 amide bonds. The topological polar surface area (TPSA) is 37.3 Å². The Balaban J connectivity index is -0.0000000480. The number of hydrogen-bond donors (Lipinski definition) is 1. The smallest absolute Gasteiger partial charge is 0.346 e. The molecule has 0 fully saturated rings. The van der Waals surface area contributed by atoms with Crippen LogP contribution in [-0.4, -0.2) is 11.6 Å². The van der Waals surface area contributed by atoms with Crippen LogP contribution in [0.5, 0.6) is 0 Å². The van der Waals surface area contributed by atoms with E-state index in [1.165, 1.54) is 6.66 Å². The molecule has 0 saturated carbocycles. The van der Waals surface area contributed by atoms with Gasteiger partial charge in [0.2, 0.25) is 0 Å². The minimum Gasteiger partial charge on any atom is -0.346 e. The van der Waals surface area contributed by atoms with Gasteiger partial charge in [-0.2, -0.15) is 11.8 Å². The summed E-state index contributed by atoms with van der Waals surface area (Å²) in [6, 6.07) is 0. The Morgan fingerprint density at radius 2 is 1.57 bits per heavy atom. The summed E-state index contributed by atoms with van der Waals surface area (Å²) in [5.74, 6) is 0. The second kappa shape index (κ2) is 15.9. The summed E-state index contributed by atoms with van der Waals surface area (Å²) in [5, 5.41) is 0. The molecule has 0 aromatic heterocycles. The molecule has 1 atom stereocenters. The molecule has 0 heterocycles. The monoisotopic (exact) mass is 172 g/mol. The van der Waals surface area contributed by atoms with Crippen LogP contribution in [0.4, 0.5) is 0 Å². The Bertz CT molecular complexity index is 35.9. The summed E-state index contributed by atoms with van der Waals surface area (Å²) < 4.78 is 9.15. The van der Waals surface area contributed by atoms with Crippen LogP contribution in [0.25, 0.3) is 0 Å². The number of hydrogen-bond acceptors (Lipinski definition) is 1. The van der Waals surface area contributed by atoms with Crippen molar-refractivity contribution in [2.24, 2.45) is 0 Å². The van der Waals surface area contributed by atoms with E-state index in [9.17, 15) is 0 Å². The predicted molar refractivity (Wildman–Crippen MR) is 26.8 cm³/mol. The predicted octanol–water partition coefficient (Wildman–Crippen LogP) is 1.19. The zero-order valence-corrected chi connectivity index (χ0v) is 8.58. The minimum absolute atomic E-state index is 0. The van der Waals surface area contributed by atoms with Gasteiger partial charge in [-0.3, -0.25) is 0 Å². The Labute approximate surface area is 57.9 Å². The quantitative estimate of drug-likeness (QED) is 0.339. The van der Waals surface area contributed by atoms with E-state index < -0.39 is 8.03 Å². The Hall–Kier alpha value is 0.683. The van der Waals surface area contributed by atoms with Crippen molar-refractivity contribution in [3.8, 4) is 0 Å². The second-order valence-corrected chi connectivity index (χ2v) is 1.39. The van der Waals surface area contributed by atoms with Crippen LogP contribution in [0, 0.1) is 6.92 Å². The van der Waals surface area contributed by atoms with E-state index >= 15 is 0 Å². The van der Waals surface area contributed by atoms with Crippen molar-refractivity contribution in [1.29, 1.82) is 0 Å². The summed E-state index contributed by atoms with van der Waals surface area (Å²) in [6.07, 6.45) is 0. The van der Waals surface area contributed by atoms with Crippen molar-refractivity contribution in [3.05, 3.63) is 6.92 Å². The molecule has 0 aromatic carbocycles. The van der Waals surface area contributed by atoms with Gasteiger partial charge in [0.05, 0.1) is 0 Å². The normalized spacial score (nSPS) is 7.14. The fourth-order valence-corrected chi connectivity index (χ4v) is 0.